The first-order chi connectivity index (χ1) is 9.65. The van der Waals surface area contributed by atoms with E-state index in [0.717, 1.165) is 5.75 Å². The number of benzene rings is 2. The highest BCUT2D eigenvalue weighted by Gasteiger charge is 2.02. The van der Waals surface area contributed by atoms with Gasteiger partial charge in [-0.1, -0.05) is 11.6 Å². The van der Waals surface area contributed by atoms with Crippen molar-refractivity contribution in [2.45, 2.75) is 6.42 Å². The van der Waals surface area contributed by atoms with Gasteiger partial charge in [-0.05, 0) is 42.5 Å². The van der Waals surface area contributed by atoms with Crippen LogP contribution in [0.1, 0.15) is 6.42 Å². The maximum atomic E-state index is 12.8. The molecule has 5 heteroatoms. The Kier molecular flexibility index (Phi) is 5.07. The van der Waals surface area contributed by atoms with Crippen molar-refractivity contribution < 1.29 is 13.9 Å². The molecule has 106 valence electrons. The van der Waals surface area contributed by atoms with E-state index in [4.69, 9.17) is 26.8 Å². The molecule has 0 atom stereocenters. The van der Waals surface area contributed by atoms with E-state index >= 15 is 0 Å². The fourth-order valence-electron chi connectivity index (χ4n) is 1.59. The molecule has 0 aliphatic carbocycles. The van der Waals surface area contributed by atoms with Crippen molar-refractivity contribution in [3.63, 3.8) is 0 Å². The normalized spacial score (nSPS) is 10.3. The summed E-state index contributed by atoms with van der Waals surface area (Å²) in [6.45, 7) is 0.961. The Labute approximate surface area is 122 Å². The van der Waals surface area contributed by atoms with Crippen molar-refractivity contribution in [1.82, 2.24) is 0 Å². The minimum Gasteiger partial charge on any atom is -0.493 e. The molecule has 0 radical (unpaired) electrons. The van der Waals surface area contributed by atoms with Crippen molar-refractivity contribution in [3.8, 4) is 11.5 Å². The predicted octanol–water partition coefficient (Wildman–Crippen LogP) is 3.91. The van der Waals surface area contributed by atoms with Gasteiger partial charge in [-0.25, -0.2) is 4.39 Å². The molecule has 0 fully saturated rings. The smallest absolute Gasteiger partial charge is 0.138 e. The lowest BCUT2D eigenvalue weighted by atomic mass is 10.3. The lowest BCUT2D eigenvalue weighted by Crippen LogP contribution is -2.05. The van der Waals surface area contributed by atoms with Crippen molar-refractivity contribution in [1.29, 1.82) is 0 Å². The average Bonchev–Trinajstić information content (AvgIpc) is 2.42. The van der Waals surface area contributed by atoms with Crippen LogP contribution in [0.2, 0.25) is 5.02 Å². The molecule has 2 aromatic carbocycles. The Morgan fingerprint density at radius 1 is 1.00 bits per heavy atom. The van der Waals surface area contributed by atoms with Gasteiger partial charge in [-0.2, -0.15) is 0 Å². The zero-order valence-electron chi connectivity index (χ0n) is 10.8. The molecule has 0 aliphatic rings. The van der Waals surface area contributed by atoms with Crippen LogP contribution in [0.25, 0.3) is 0 Å². The van der Waals surface area contributed by atoms with Crippen LogP contribution in [0.15, 0.2) is 42.5 Å². The van der Waals surface area contributed by atoms with Gasteiger partial charge < -0.3 is 15.2 Å². The third-order valence-corrected chi connectivity index (χ3v) is 2.88. The minimum absolute atomic E-state index is 0.268. The maximum Gasteiger partial charge on any atom is 0.138 e. The molecule has 2 N–H and O–H groups in total. The molecular weight excluding hydrogens is 281 g/mol. The Bertz CT molecular complexity index is 560. The largest absolute Gasteiger partial charge is 0.493 e. The van der Waals surface area contributed by atoms with Crippen molar-refractivity contribution in [2.75, 3.05) is 18.9 Å². The summed E-state index contributed by atoms with van der Waals surface area (Å²) in [5.74, 6) is 0.855. The SMILES string of the molecule is Nc1ccc(OCCCOc2ccc(F)cc2Cl)cc1. The summed E-state index contributed by atoms with van der Waals surface area (Å²) in [5.41, 5.74) is 6.28. The molecule has 0 saturated heterocycles. The van der Waals surface area contributed by atoms with E-state index in [-0.39, 0.29) is 10.8 Å². The number of hydrogen-bond donors (Lipinski definition) is 1. The highest BCUT2D eigenvalue weighted by Crippen LogP contribution is 2.24. The van der Waals surface area contributed by atoms with E-state index in [1.165, 1.54) is 18.2 Å². The highest BCUT2D eigenvalue weighted by molar-refractivity contribution is 6.32. The Morgan fingerprint density at radius 2 is 1.70 bits per heavy atom. The first-order valence-corrected chi connectivity index (χ1v) is 6.59. The molecule has 0 spiro atoms. The van der Waals surface area contributed by atoms with E-state index in [9.17, 15) is 4.39 Å². The Morgan fingerprint density at radius 3 is 2.40 bits per heavy atom. The summed E-state index contributed by atoms with van der Waals surface area (Å²) in [6, 6.07) is 11.2. The molecule has 20 heavy (non-hydrogen) atoms. The molecule has 2 rings (SSSR count). The van der Waals surface area contributed by atoms with Gasteiger partial charge >= 0.3 is 0 Å². The zero-order chi connectivity index (χ0) is 14.4. The van der Waals surface area contributed by atoms with Gasteiger partial charge in [0.1, 0.15) is 17.3 Å². The van der Waals surface area contributed by atoms with E-state index in [1.807, 2.05) is 12.1 Å². The van der Waals surface area contributed by atoms with Crippen LogP contribution in [0, 0.1) is 5.82 Å². The standard InChI is InChI=1S/C15H15ClFNO2/c16-14-10-11(17)2-7-15(14)20-9-1-8-19-13-5-3-12(18)4-6-13/h2-7,10H,1,8-9,18H2. The minimum atomic E-state index is -0.381. The quantitative estimate of drug-likeness (QED) is 0.649. The second kappa shape index (κ2) is 7.01. The number of nitrogens with two attached hydrogens (primary N) is 1. The summed E-state index contributed by atoms with van der Waals surface area (Å²) in [7, 11) is 0. The van der Waals surface area contributed by atoms with Crippen molar-refractivity contribution in [2.24, 2.45) is 0 Å². The number of ether oxygens (including phenoxy) is 2. The molecule has 0 unspecified atom stereocenters. The summed E-state index contributed by atoms with van der Waals surface area (Å²) in [6.07, 6.45) is 0.693. The average molecular weight is 296 g/mol. The molecule has 0 amide bonds. The number of anilines is 1. The van der Waals surface area contributed by atoms with Gasteiger partial charge in [0.2, 0.25) is 0 Å². The molecule has 2 aromatic rings. The van der Waals surface area contributed by atoms with Crippen LogP contribution in [-0.2, 0) is 0 Å². The fourth-order valence-corrected chi connectivity index (χ4v) is 1.81. The van der Waals surface area contributed by atoms with Crippen molar-refractivity contribution in [3.05, 3.63) is 53.3 Å². The van der Waals surface area contributed by atoms with Crippen LogP contribution in [0.5, 0.6) is 11.5 Å². The Balaban J connectivity index is 1.70. The summed E-state index contributed by atoms with van der Waals surface area (Å²) >= 11 is 5.84. The van der Waals surface area contributed by atoms with Crippen LogP contribution >= 0.6 is 11.6 Å². The molecule has 0 bridgehead atoms. The van der Waals surface area contributed by atoms with Crippen LogP contribution in [-0.4, -0.2) is 13.2 Å². The van der Waals surface area contributed by atoms with E-state index < -0.39 is 0 Å². The highest BCUT2D eigenvalue weighted by atomic mass is 35.5. The third-order valence-electron chi connectivity index (χ3n) is 2.59. The van der Waals surface area contributed by atoms with E-state index in [0.29, 0.717) is 31.1 Å². The van der Waals surface area contributed by atoms with Gasteiger partial charge in [0.05, 0.1) is 18.2 Å². The van der Waals surface area contributed by atoms with Gasteiger partial charge in [0.15, 0.2) is 0 Å². The summed E-state index contributed by atoms with van der Waals surface area (Å²) < 4.78 is 23.8. The molecule has 0 heterocycles. The number of rotatable bonds is 6. The molecule has 0 aliphatic heterocycles. The Hall–Kier alpha value is -1.94. The number of nitrogen functional groups attached to an aromatic ring is 1. The van der Waals surface area contributed by atoms with Crippen LogP contribution < -0.4 is 15.2 Å². The monoisotopic (exact) mass is 295 g/mol. The molecule has 0 aromatic heterocycles. The van der Waals surface area contributed by atoms with Crippen LogP contribution in [0.4, 0.5) is 10.1 Å². The fraction of sp³-hybridized carbons (Fsp3) is 0.200. The lowest BCUT2D eigenvalue weighted by molar-refractivity contribution is 0.247. The second-order valence-corrected chi connectivity index (χ2v) is 4.60. The third kappa shape index (κ3) is 4.31. The summed E-state index contributed by atoms with van der Waals surface area (Å²) in [5, 5.41) is 0.268. The van der Waals surface area contributed by atoms with E-state index in [1.54, 1.807) is 12.1 Å². The first-order valence-electron chi connectivity index (χ1n) is 6.21. The molecular formula is C15H15ClFNO2. The topological polar surface area (TPSA) is 44.5 Å². The van der Waals surface area contributed by atoms with Crippen LogP contribution in [0.3, 0.4) is 0 Å². The predicted molar refractivity (Wildman–Crippen MR) is 77.9 cm³/mol. The lowest BCUT2D eigenvalue weighted by Gasteiger charge is -2.09. The summed E-state index contributed by atoms with van der Waals surface area (Å²) in [4.78, 5) is 0. The second-order valence-electron chi connectivity index (χ2n) is 4.19. The molecule has 3 nitrogen and oxygen atoms in total. The first kappa shape index (κ1) is 14.5. The van der Waals surface area contributed by atoms with Gasteiger partial charge in [-0.15, -0.1) is 0 Å². The zero-order valence-corrected chi connectivity index (χ0v) is 11.6. The molecule has 0 saturated carbocycles. The van der Waals surface area contributed by atoms with Gasteiger partial charge in [0.25, 0.3) is 0 Å². The van der Waals surface area contributed by atoms with Crippen molar-refractivity contribution >= 4 is 17.3 Å². The van der Waals surface area contributed by atoms with Gasteiger partial charge in [-0.3, -0.25) is 0 Å². The maximum absolute atomic E-state index is 12.8. The van der Waals surface area contributed by atoms with Gasteiger partial charge in [0, 0.05) is 12.1 Å². The number of halogens is 2. The number of hydrogen-bond acceptors (Lipinski definition) is 3. The van der Waals surface area contributed by atoms with E-state index in [2.05, 4.69) is 0 Å².